The fourth-order valence-electron chi connectivity index (χ4n) is 6.79. The van der Waals surface area contributed by atoms with Crippen molar-refractivity contribution in [2.45, 2.75) is 65.8 Å². The maximum atomic E-state index is 11.6. The predicted molar refractivity (Wildman–Crippen MR) is 104 cm³/mol. The normalized spacial score (nSPS) is 32.6. The van der Waals surface area contributed by atoms with Crippen molar-refractivity contribution in [3.63, 3.8) is 0 Å². The Labute approximate surface area is 162 Å². The summed E-state index contributed by atoms with van der Waals surface area (Å²) in [7, 11) is 0. The first-order chi connectivity index (χ1) is 12.8. The Morgan fingerprint density at radius 3 is 2.96 bits per heavy atom. The van der Waals surface area contributed by atoms with Crippen LogP contribution < -0.4 is 5.48 Å². The molecule has 4 rings (SSSR count). The lowest BCUT2D eigenvalue weighted by Gasteiger charge is -2.55. The van der Waals surface area contributed by atoms with E-state index in [4.69, 9.17) is 5.21 Å². The van der Waals surface area contributed by atoms with Gasteiger partial charge in [0.1, 0.15) is 0 Å². The highest BCUT2D eigenvalue weighted by Crippen LogP contribution is 2.57. The number of nitrogens with one attached hydrogen (secondary N) is 1. The molecule has 5 heteroatoms. The molecule has 3 atom stereocenters. The van der Waals surface area contributed by atoms with E-state index in [1.165, 1.54) is 38.6 Å². The summed E-state index contributed by atoms with van der Waals surface area (Å²) in [4.78, 5) is 18.8. The maximum absolute atomic E-state index is 11.6. The molecule has 0 saturated heterocycles. The third-order valence-electron chi connectivity index (χ3n) is 6.99. The number of carbonyl (C=O) groups excluding carboxylic acids is 1. The van der Waals surface area contributed by atoms with E-state index in [1.807, 2.05) is 6.07 Å². The largest absolute Gasteiger partial charge is 0.297 e. The first kappa shape index (κ1) is 18.9. The first-order valence-electron chi connectivity index (χ1n) is 10.4. The Balaban J connectivity index is 1.50. The summed E-state index contributed by atoms with van der Waals surface area (Å²) >= 11 is 0. The van der Waals surface area contributed by atoms with E-state index in [0.717, 1.165) is 42.6 Å². The van der Waals surface area contributed by atoms with E-state index in [0.29, 0.717) is 16.4 Å². The van der Waals surface area contributed by atoms with E-state index >= 15 is 0 Å². The van der Waals surface area contributed by atoms with Crippen molar-refractivity contribution in [3.05, 3.63) is 29.1 Å². The van der Waals surface area contributed by atoms with E-state index < -0.39 is 5.91 Å². The molecule has 1 aliphatic heterocycles. The number of carbonyl (C=O) groups is 1. The smallest absolute Gasteiger partial charge is 0.276 e. The second kappa shape index (κ2) is 6.85. The van der Waals surface area contributed by atoms with Gasteiger partial charge in [-0.25, -0.2) is 5.48 Å². The lowest BCUT2D eigenvalue weighted by molar-refractivity contribution is -0.0441. The van der Waals surface area contributed by atoms with Crippen molar-refractivity contribution in [1.82, 2.24) is 15.4 Å². The van der Waals surface area contributed by atoms with Crippen molar-refractivity contribution in [2.75, 3.05) is 13.1 Å². The molecule has 3 unspecified atom stereocenters. The SMILES string of the molecule is CC1CC2CC(C)(C)CC(CN3CCc4cc(C(=O)NO)cnc4C3)(C1)C2. The first-order valence-corrected chi connectivity index (χ1v) is 10.4. The number of nitrogens with zero attached hydrogens (tertiary/aromatic N) is 2. The molecule has 2 aliphatic carbocycles. The minimum absolute atomic E-state index is 0.432. The molecule has 2 saturated carbocycles. The van der Waals surface area contributed by atoms with Crippen molar-refractivity contribution in [3.8, 4) is 0 Å². The Hall–Kier alpha value is -1.46. The number of amides is 1. The molecule has 0 spiro atoms. The molecule has 0 aromatic carbocycles. The van der Waals surface area contributed by atoms with Crippen molar-refractivity contribution >= 4 is 5.91 Å². The highest BCUT2D eigenvalue weighted by atomic mass is 16.5. The Bertz CT molecular complexity index is 728. The van der Waals surface area contributed by atoms with E-state index in [-0.39, 0.29) is 0 Å². The van der Waals surface area contributed by atoms with Gasteiger partial charge in [-0.05, 0) is 72.8 Å². The van der Waals surface area contributed by atoms with Crippen LogP contribution in [0.25, 0.3) is 0 Å². The van der Waals surface area contributed by atoms with Crippen LogP contribution in [0, 0.1) is 22.7 Å². The predicted octanol–water partition coefficient (Wildman–Crippen LogP) is 3.80. The van der Waals surface area contributed by atoms with Gasteiger partial charge >= 0.3 is 0 Å². The fraction of sp³-hybridized carbons (Fsp3) is 0.727. The average Bonchev–Trinajstić information content (AvgIpc) is 2.58. The third kappa shape index (κ3) is 3.90. The van der Waals surface area contributed by atoms with Crippen molar-refractivity contribution in [1.29, 1.82) is 0 Å². The minimum atomic E-state index is -0.488. The van der Waals surface area contributed by atoms with Crippen LogP contribution in [0.4, 0.5) is 0 Å². The van der Waals surface area contributed by atoms with Crippen LogP contribution in [-0.4, -0.2) is 34.1 Å². The van der Waals surface area contributed by atoms with Crippen LogP contribution in [0.5, 0.6) is 0 Å². The van der Waals surface area contributed by atoms with Crippen LogP contribution in [-0.2, 0) is 13.0 Å². The zero-order chi connectivity index (χ0) is 19.2. The van der Waals surface area contributed by atoms with Gasteiger partial charge in [0, 0.05) is 25.8 Å². The van der Waals surface area contributed by atoms with Gasteiger partial charge in [0.05, 0.1) is 11.3 Å². The zero-order valence-corrected chi connectivity index (χ0v) is 16.9. The maximum Gasteiger partial charge on any atom is 0.276 e. The molecule has 2 N–H and O–H groups in total. The Morgan fingerprint density at radius 1 is 1.37 bits per heavy atom. The monoisotopic (exact) mass is 371 g/mol. The minimum Gasteiger partial charge on any atom is -0.297 e. The number of fused-ring (bicyclic) bond motifs is 3. The quantitative estimate of drug-likeness (QED) is 0.626. The summed E-state index contributed by atoms with van der Waals surface area (Å²) in [5.41, 5.74) is 5.27. The number of hydrogen-bond donors (Lipinski definition) is 2. The summed E-state index contributed by atoms with van der Waals surface area (Å²) in [6.45, 7) is 10.4. The van der Waals surface area contributed by atoms with Crippen LogP contribution in [0.3, 0.4) is 0 Å². The molecular formula is C22H33N3O2. The molecule has 2 bridgehead atoms. The summed E-state index contributed by atoms with van der Waals surface area (Å²) in [6, 6.07) is 1.88. The van der Waals surface area contributed by atoms with Crippen LogP contribution in [0.15, 0.2) is 12.3 Å². The zero-order valence-electron chi connectivity index (χ0n) is 16.9. The molecule has 148 valence electrons. The van der Waals surface area contributed by atoms with Gasteiger partial charge < -0.3 is 0 Å². The average molecular weight is 372 g/mol. The number of hydroxylamine groups is 1. The third-order valence-corrected chi connectivity index (χ3v) is 6.99. The summed E-state index contributed by atoms with van der Waals surface area (Å²) < 4.78 is 0. The molecule has 0 radical (unpaired) electrons. The lowest BCUT2D eigenvalue weighted by Crippen LogP contribution is -2.49. The van der Waals surface area contributed by atoms with Gasteiger partial charge in [0.2, 0.25) is 0 Å². The van der Waals surface area contributed by atoms with Crippen LogP contribution in [0.2, 0.25) is 0 Å². The van der Waals surface area contributed by atoms with E-state index in [1.54, 1.807) is 11.7 Å². The molecule has 1 aromatic heterocycles. The van der Waals surface area contributed by atoms with E-state index in [2.05, 4.69) is 30.7 Å². The molecule has 2 fully saturated rings. The molecular weight excluding hydrogens is 338 g/mol. The van der Waals surface area contributed by atoms with Gasteiger partial charge in [-0.15, -0.1) is 0 Å². The molecule has 1 aromatic rings. The number of pyridine rings is 1. The van der Waals surface area contributed by atoms with Crippen LogP contribution in [0.1, 0.15) is 74.5 Å². The Kier molecular flexibility index (Phi) is 4.79. The molecule has 1 amide bonds. The number of rotatable bonds is 3. The number of hydrogen-bond acceptors (Lipinski definition) is 4. The fourth-order valence-corrected chi connectivity index (χ4v) is 6.79. The van der Waals surface area contributed by atoms with Gasteiger partial charge in [0.15, 0.2) is 0 Å². The molecule has 2 heterocycles. The van der Waals surface area contributed by atoms with Crippen molar-refractivity contribution in [2.24, 2.45) is 22.7 Å². The Morgan fingerprint density at radius 2 is 2.19 bits per heavy atom. The van der Waals surface area contributed by atoms with E-state index in [9.17, 15) is 4.79 Å². The van der Waals surface area contributed by atoms with Gasteiger partial charge in [0.25, 0.3) is 5.91 Å². The number of aromatic nitrogens is 1. The highest BCUT2D eigenvalue weighted by Gasteiger charge is 2.48. The van der Waals surface area contributed by atoms with Gasteiger partial charge in [-0.3, -0.25) is 19.9 Å². The molecule has 3 aliphatic rings. The summed E-state index contributed by atoms with van der Waals surface area (Å²) in [5, 5.41) is 8.83. The highest BCUT2D eigenvalue weighted by molar-refractivity contribution is 5.93. The molecule has 27 heavy (non-hydrogen) atoms. The second-order valence-electron chi connectivity index (χ2n) is 10.4. The second-order valence-corrected chi connectivity index (χ2v) is 10.4. The van der Waals surface area contributed by atoms with Gasteiger partial charge in [-0.2, -0.15) is 0 Å². The van der Waals surface area contributed by atoms with Crippen molar-refractivity contribution < 1.29 is 10.0 Å². The molecule has 5 nitrogen and oxygen atoms in total. The lowest BCUT2D eigenvalue weighted by atomic mass is 9.52. The topological polar surface area (TPSA) is 65.5 Å². The van der Waals surface area contributed by atoms with Crippen LogP contribution >= 0.6 is 0 Å². The standard InChI is InChI=1S/C22H33N3O2/c1-15-6-16-9-21(2,3)13-22(8-15,10-16)14-25-5-4-17-7-18(20(26)24-27)11-23-19(17)12-25/h7,11,15-16,27H,4-6,8-10,12-14H2,1-3H3,(H,24,26). The summed E-state index contributed by atoms with van der Waals surface area (Å²) in [5.74, 6) is 1.25. The van der Waals surface area contributed by atoms with Gasteiger partial charge in [-0.1, -0.05) is 20.8 Å². The summed E-state index contributed by atoms with van der Waals surface area (Å²) in [6.07, 6.45) is 9.39.